The van der Waals surface area contributed by atoms with Gasteiger partial charge < -0.3 is 44.0 Å². The molecule has 0 radical (unpaired) electrons. The van der Waals surface area contributed by atoms with Crippen molar-refractivity contribution < 1.29 is 73.4 Å². The molecule has 0 aliphatic carbocycles. The van der Waals surface area contributed by atoms with Gasteiger partial charge in [0.1, 0.15) is 36.3 Å². The number of sulfonamides is 4. The minimum Gasteiger partial charge on any atom is -0.479 e. The molecule has 4 saturated heterocycles. The Morgan fingerprint density at radius 3 is 1.67 bits per heavy atom. The third kappa shape index (κ3) is 21.8. The van der Waals surface area contributed by atoms with Crippen molar-refractivity contribution in [2.75, 3.05) is 95.7 Å². The summed E-state index contributed by atoms with van der Waals surface area (Å²) in [6, 6.07) is 53.9. The molecule has 0 saturated carbocycles. The van der Waals surface area contributed by atoms with Crippen molar-refractivity contribution in [1.29, 1.82) is 0 Å². The lowest BCUT2D eigenvalue weighted by Gasteiger charge is -2.41. The summed E-state index contributed by atoms with van der Waals surface area (Å²) in [4.78, 5) is 83.0. The maximum absolute atomic E-state index is 13.3. The van der Waals surface area contributed by atoms with E-state index in [4.69, 9.17) is 27.9 Å². The lowest BCUT2D eigenvalue weighted by atomic mass is 10.1. The second-order valence-corrected chi connectivity index (χ2v) is 40.1. The highest BCUT2D eigenvalue weighted by atomic mass is 35.5. The van der Waals surface area contributed by atoms with Gasteiger partial charge in [0, 0.05) is 156 Å². The first-order valence-corrected chi connectivity index (χ1v) is 49.4. The standard InChI is InChI=1S/C25H25ClN6O3S.C22H22N4O3S2.C21H21FN4O3S2.C19H16ClN3O4S2.8H2/c1-18-15-30(21-4-6-22(7-5-21)36(34,35)29-24-8-10-27-17-28-24)12-13-32(18)25(33)16-31-11-9-19-2-3-20(26)14-23(19)31;1-15-2-7-19-16(14-15)8-11-26(19)20-9-12-25(21(20)27)17-3-5-18(6-4-17)31(28,29)24-22-23-10-13-30-22;22-16-3-1-2-15(14-16)8-10-23-19-9-12-26(20(19)27)17-4-6-18(7-5-17)31(28,29)25-21-24-11-13-30-21;20-15-3-1-2-4-16(15)27-17-9-11-23(18(17)24)13-5-7-14(8-6-13)29(25,26)22-19-21-10-12-28-19;;;;;;;;/h2-11,14,17-18H,12-13,15-16H2,1H3,(H,27,28,29);2-7,10,13-14,20H,8-9,11-12H2,1H3,(H,23,24);1-7,11,13-14,19,23H,8-10,12H2,(H,24,25);1-8,10,12,17H,9,11H2,(H,21,22);8*1H/t18-;20-;19-;;;;;;;;;/m100........./s1. The normalized spacial score (nSPS) is 17.0. The molecule has 18 rings (SSSR count). The van der Waals surface area contributed by atoms with Crippen LogP contribution in [0.25, 0.3) is 10.9 Å². The van der Waals surface area contributed by atoms with Crippen molar-refractivity contribution in [2.45, 2.75) is 96.3 Å². The average molecular weight is 1910 g/mol. The van der Waals surface area contributed by atoms with Crippen molar-refractivity contribution in [2.24, 2.45) is 0 Å². The highest BCUT2D eigenvalue weighted by Gasteiger charge is 2.41. The van der Waals surface area contributed by atoms with Crippen molar-refractivity contribution in [1.82, 2.24) is 39.7 Å². The number of carbonyl (C=O) groups is 4. The second kappa shape index (κ2) is 39.5. The van der Waals surface area contributed by atoms with E-state index in [0.29, 0.717) is 113 Å². The zero-order valence-corrected chi connectivity index (χ0v) is 75.3. The number of thiazole rings is 3. The smallest absolute Gasteiger partial charge is 0.268 e. The van der Waals surface area contributed by atoms with E-state index in [1.165, 1.54) is 125 Å². The fourth-order valence-corrected chi connectivity index (χ4v) is 22.0. The predicted molar refractivity (Wildman–Crippen MR) is 509 cm³/mol. The lowest BCUT2D eigenvalue weighted by molar-refractivity contribution is -0.134. The summed E-state index contributed by atoms with van der Waals surface area (Å²) >= 11 is 15.8. The Bertz CT molecular complexity index is 6610. The van der Waals surface area contributed by atoms with E-state index in [9.17, 15) is 57.2 Å². The minimum atomic E-state index is -3.76. The predicted octanol–water partition coefficient (Wildman–Crippen LogP) is 15.8. The molecule has 127 heavy (non-hydrogen) atoms. The number of nitrogens with one attached hydrogen (secondary N) is 5. The zero-order chi connectivity index (χ0) is 89.2. The monoisotopic (exact) mass is 1900 g/mol. The zero-order valence-electron chi connectivity index (χ0n) is 68.0. The van der Waals surface area contributed by atoms with Gasteiger partial charge >= 0.3 is 0 Å². The Balaban J connectivity index is 0.000000241. The maximum atomic E-state index is 13.3. The first kappa shape index (κ1) is 89.8. The fourth-order valence-electron chi connectivity index (χ4n) is 15.2. The molecular weight excluding hydrogens is 1810 g/mol. The SMILES string of the molecule is C[C@@H]1CN(c2ccc(S(=O)(=O)Nc3ccncn3)cc2)CCN1C(=O)Cn1ccc2ccc(Cl)cc21.Cc1ccc2c(c1)CCN2[C@H]1CCN(c2ccc(S(=O)(=O)Nc3nccs3)cc2)C1=O.O=C1C(Oc2ccccc2Cl)CCN1c1ccc(S(=O)(=O)Nc2nccs2)cc1.O=C1[C@@H](NCCc2cccc(F)c2)CCN1c1ccc(S(=O)(=O)Nc2nccs2)cc1.[HH].[HH].[HH].[HH].[HH].[HH].[HH].[HH]. The quantitative estimate of drug-likeness (QED) is 0.0355. The third-order valence-electron chi connectivity index (χ3n) is 21.5. The number of fused-ring (bicyclic) bond motifs is 2. The third-order valence-corrected chi connectivity index (χ3v) is 30.0. The summed E-state index contributed by atoms with van der Waals surface area (Å²) in [7, 11) is -14.9. The van der Waals surface area contributed by atoms with E-state index in [-0.39, 0.29) is 90.9 Å². The molecule has 10 heterocycles. The van der Waals surface area contributed by atoms with E-state index >= 15 is 0 Å². The molecule has 4 fully saturated rings. The summed E-state index contributed by atoms with van der Waals surface area (Å²) in [5.41, 5.74) is 8.36. The van der Waals surface area contributed by atoms with Crippen LogP contribution < -0.4 is 53.4 Å². The van der Waals surface area contributed by atoms with Gasteiger partial charge in [-0.25, -0.2) is 63.0 Å². The van der Waals surface area contributed by atoms with E-state index < -0.39 is 46.2 Å². The molecule has 5 aromatic heterocycles. The molecule has 5 aliphatic rings. The number of amides is 4. The molecule has 0 spiro atoms. The van der Waals surface area contributed by atoms with Crippen molar-refractivity contribution in [3.05, 3.63) is 280 Å². The van der Waals surface area contributed by atoms with Crippen LogP contribution in [0, 0.1) is 12.7 Å². The Kier molecular flexibility index (Phi) is 27.9. The molecule has 30 nitrogen and oxygen atoms in total. The van der Waals surface area contributed by atoms with Gasteiger partial charge in [-0.15, -0.1) is 34.0 Å². The van der Waals surface area contributed by atoms with Crippen LogP contribution in [0.2, 0.25) is 10.0 Å². The van der Waals surface area contributed by atoms with Crippen LogP contribution in [0.5, 0.6) is 5.75 Å². The fraction of sp³-hybridized carbons (Fsp3) is 0.230. The van der Waals surface area contributed by atoms with Crippen LogP contribution in [-0.4, -0.2) is 168 Å². The number of hydrogen-bond donors (Lipinski definition) is 5. The molecule has 4 atom stereocenters. The Morgan fingerprint density at radius 2 is 1.11 bits per heavy atom. The summed E-state index contributed by atoms with van der Waals surface area (Å²) in [5, 5.41) is 11.3. The molecule has 1 unspecified atom stereocenters. The number of para-hydroxylation sites is 1. The number of ether oxygens (including phenoxy) is 1. The molecule has 5 aliphatic heterocycles. The van der Waals surface area contributed by atoms with Gasteiger partial charge in [0.2, 0.25) is 17.7 Å². The largest absolute Gasteiger partial charge is 0.479 e. The topological polar surface area (TPSA) is 363 Å². The average Bonchev–Trinajstić information content (AvgIpc) is 1.60. The van der Waals surface area contributed by atoms with Crippen LogP contribution in [0.3, 0.4) is 0 Å². The van der Waals surface area contributed by atoms with Crippen LogP contribution >= 0.6 is 57.2 Å². The number of nitrogens with zero attached hydrogens (tertiary/aromatic N) is 12. The maximum Gasteiger partial charge on any atom is 0.268 e. The Hall–Kier alpha value is -12.0. The second-order valence-electron chi connectivity index (χ2n) is 29.9. The van der Waals surface area contributed by atoms with Gasteiger partial charge in [-0.05, 0) is 214 Å². The molecule has 4 amide bonds. The Morgan fingerprint density at radius 1 is 0.551 bits per heavy atom. The number of rotatable bonds is 25. The van der Waals surface area contributed by atoms with Gasteiger partial charge in [-0.3, -0.25) is 38.1 Å². The first-order valence-electron chi connectivity index (χ1n) is 40.0. The number of aromatic nitrogens is 6. The molecule has 8 aromatic carbocycles. The van der Waals surface area contributed by atoms with E-state index in [0.717, 1.165) is 47.2 Å². The first-order chi connectivity index (χ1) is 61.1. The van der Waals surface area contributed by atoms with Crippen molar-refractivity contribution in [3.8, 4) is 5.75 Å². The van der Waals surface area contributed by atoms with Gasteiger partial charge in [0.15, 0.2) is 21.5 Å². The van der Waals surface area contributed by atoms with Gasteiger partial charge in [-0.2, -0.15) is 0 Å². The molecule has 0 bridgehead atoms. The van der Waals surface area contributed by atoms with Crippen LogP contribution in [0.15, 0.2) is 267 Å². The van der Waals surface area contributed by atoms with E-state index in [1.807, 2.05) is 52.9 Å². The molecule has 13 aromatic rings. The van der Waals surface area contributed by atoms with Crippen LogP contribution in [0.4, 0.5) is 54.0 Å². The number of aryl methyl sites for hydroxylation is 1. The number of halogens is 3. The number of carbonyl (C=O) groups excluding carboxylic acids is 4. The van der Waals surface area contributed by atoms with Gasteiger partial charge in [0.05, 0.1) is 30.6 Å². The van der Waals surface area contributed by atoms with E-state index in [2.05, 4.69) is 84.0 Å². The van der Waals surface area contributed by atoms with E-state index in [1.54, 1.807) is 128 Å². The molecule has 674 valence electrons. The Labute approximate surface area is 767 Å². The minimum absolute atomic E-state index is 0. The van der Waals surface area contributed by atoms with Gasteiger partial charge in [0.25, 0.3) is 46.0 Å². The number of anilines is 9. The van der Waals surface area contributed by atoms with Crippen LogP contribution in [-0.2, 0) is 78.7 Å². The molecular formula is C87H100Cl2FN17O13S7. The highest BCUT2D eigenvalue weighted by Crippen LogP contribution is 2.37. The summed E-state index contributed by atoms with van der Waals surface area (Å²) < 4.78 is 131. The number of piperazine rings is 1. The molecule has 40 heteroatoms. The summed E-state index contributed by atoms with van der Waals surface area (Å²) in [6.07, 6.45) is 12.1. The molecule has 5 N–H and O–H groups in total. The van der Waals surface area contributed by atoms with Crippen molar-refractivity contribution in [3.63, 3.8) is 0 Å². The number of hydrogen-bond acceptors (Lipinski definition) is 24. The summed E-state index contributed by atoms with van der Waals surface area (Å²) in [6.45, 7) is 9.28. The highest BCUT2D eigenvalue weighted by molar-refractivity contribution is 7.93. The lowest BCUT2D eigenvalue weighted by Crippen LogP contribution is -2.54. The van der Waals surface area contributed by atoms with Gasteiger partial charge in [-0.1, -0.05) is 71.2 Å². The van der Waals surface area contributed by atoms with Crippen molar-refractivity contribution >= 4 is 181 Å². The number of benzene rings is 8. The van der Waals surface area contributed by atoms with Crippen LogP contribution in [0.1, 0.15) is 54.3 Å². The summed E-state index contributed by atoms with van der Waals surface area (Å²) in [5.74, 6) is 0.260.